The van der Waals surface area contributed by atoms with Crippen molar-refractivity contribution in [3.8, 4) is 16.9 Å². The van der Waals surface area contributed by atoms with E-state index in [2.05, 4.69) is 6.92 Å². The number of primary amides is 1. The van der Waals surface area contributed by atoms with Gasteiger partial charge < -0.3 is 10.5 Å². The highest BCUT2D eigenvalue weighted by molar-refractivity contribution is 5.92. The summed E-state index contributed by atoms with van der Waals surface area (Å²) < 4.78 is 44.4. The number of hydrogen-bond acceptors (Lipinski definition) is 2. The Morgan fingerprint density at radius 3 is 1.94 bits per heavy atom. The van der Waals surface area contributed by atoms with Gasteiger partial charge in [-0.25, -0.2) is 0 Å². The Morgan fingerprint density at radius 1 is 0.903 bits per heavy atom. The van der Waals surface area contributed by atoms with Gasteiger partial charge in [-0.15, -0.1) is 0 Å². The van der Waals surface area contributed by atoms with Gasteiger partial charge in [0.05, 0.1) is 5.56 Å². The van der Waals surface area contributed by atoms with Gasteiger partial charge in [-0.05, 0) is 65.9 Å². The number of alkyl halides is 3. The average molecular weight is 427 g/mol. The molecule has 0 aliphatic carbocycles. The Hall–Kier alpha value is -3.28. The lowest BCUT2D eigenvalue weighted by Crippen LogP contribution is -2.12. The molecule has 0 radical (unpaired) electrons. The number of amides is 1. The number of unbranched alkanes of at least 4 members (excludes halogenated alkanes) is 1. The van der Waals surface area contributed by atoms with Crippen LogP contribution in [-0.2, 0) is 6.18 Å². The van der Waals surface area contributed by atoms with Crippen molar-refractivity contribution < 1.29 is 22.7 Å². The molecule has 2 N–H and O–H groups in total. The Labute approximate surface area is 179 Å². The molecule has 0 spiro atoms. The van der Waals surface area contributed by atoms with E-state index in [-0.39, 0.29) is 6.10 Å². The van der Waals surface area contributed by atoms with Crippen molar-refractivity contribution >= 4 is 5.91 Å². The molecule has 0 aromatic heterocycles. The fourth-order valence-electron chi connectivity index (χ4n) is 3.29. The molecular formula is C25H24F3NO2. The highest BCUT2D eigenvalue weighted by atomic mass is 19.4. The standard InChI is InChI=1S/C25H24F3NO2/c1-2-3-4-23(19-5-7-20(8-6-19)24(29)30)31-22-15-11-18(12-16-22)17-9-13-21(14-10-17)25(26,27)28/h5-16,23H,2-4H2,1H3,(H2,29,30). The third-order valence-electron chi connectivity index (χ3n) is 5.07. The van der Waals surface area contributed by atoms with Crippen molar-refractivity contribution in [3.05, 3.63) is 89.5 Å². The highest BCUT2D eigenvalue weighted by Gasteiger charge is 2.29. The van der Waals surface area contributed by atoms with E-state index in [0.717, 1.165) is 42.5 Å². The van der Waals surface area contributed by atoms with Crippen LogP contribution in [0, 0.1) is 0 Å². The number of hydrogen-bond donors (Lipinski definition) is 1. The van der Waals surface area contributed by atoms with E-state index in [1.807, 2.05) is 36.4 Å². The molecule has 31 heavy (non-hydrogen) atoms. The van der Waals surface area contributed by atoms with E-state index >= 15 is 0 Å². The second kappa shape index (κ2) is 9.69. The Morgan fingerprint density at radius 2 is 1.45 bits per heavy atom. The van der Waals surface area contributed by atoms with Crippen LogP contribution in [0.3, 0.4) is 0 Å². The number of benzene rings is 3. The van der Waals surface area contributed by atoms with Crippen LogP contribution in [0.2, 0.25) is 0 Å². The van der Waals surface area contributed by atoms with Crippen molar-refractivity contribution in [2.75, 3.05) is 0 Å². The summed E-state index contributed by atoms with van der Waals surface area (Å²) in [5, 5.41) is 0. The van der Waals surface area contributed by atoms with Gasteiger partial charge in [0.15, 0.2) is 0 Å². The lowest BCUT2D eigenvalue weighted by atomic mass is 10.0. The number of nitrogens with two attached hydrogens (primary N) is 1. The van der Waals surface area contributed by atoms with Gasteiger partial charge in [-0.2, -0.15) is 13.2 Å². The minimum absolute atomic E-state index is 0.182. The maximum absolute atomic E-state index is 12.7. The first-order chi connectivity index (χ1) is 14.8. The third-order valence-corrected chi connectivity index (χ3v) is 5.07. The van der Waals surface area contributed by atoms with Gasteiger partial charge in [-0.3, -0.25) is 4.79 Å². The van der Waals surface area contributed by atoms with E-state index in [9.17, 15) is 18.0 Å². The molecule has 0 aliphatic rings. The van der Waals surface area contributed by atoms with Crippen LogP contribution < -0.4 is 10.5 Å². The van der Waals surface area contributed by atoms with Gasteiger partial charge in [0, 0.05) is 5.56 Å². The molecule has 0 aliphatic heterocycles. The summed E-state index contributed by atoms with van der Waals surface area (Å²) in [6.45, 7) is 2.10. The summed E-state index contributed by atoms with van der Waals surface area (Å²) in [6.07, 6.45) is -1.72. The monoisotopic (exact) mass is 427 g/mol. The predicted octanol–water partition coefficient (Wildman–Crippen LogP) is 6.78. The molecule has 1 amide bonds. The first-order valence-corrected chi connectivity index (χ1v) is 10.1. The van der Waals surface area contributed by atoms with Crippen LogP contribution in [0.15, 0.2) is 72.8 Å². The summed E-state index contributed by atoms with van der Waals surface area (Å²) in [7, 11) is 0. The number of halogens is 3. The summed E-state index contributed by atoms with van der Waals surface area (Å²) >= 11 is 0. The third kappa shape index (κ3) is 5.87. The van der Waals surface area contributed by atoms with Crippen LogP contribution in [0.25, 0.3) is 11.1 Å². The molecule has 0 saturated heterocycles. The zero-order valence-corrected chi connectivity index (χ0v) is 17.2. The molecule has 162 valence electrons. The lowest BCUT2D eigenvalue weighted by molar-refractivity contribution is -0.137. The molecule has 3 nitrogen and oxygen atoms in total. The van der Waals surface area contributed by atoms with Crippen LogP contribution >= 0.6 is 0 Å². The number of carbonyl (C=O) groups excluding carboxylic acids is 1. The van der Waals surface area contributed by atoms with Gasteiger partial charge in [0.2, 0.25) is 5.91 Å². The summed E-state index contributed by atoms with van der Waals surface area (Å²) in [4.78, 5) is 11.3. The minimum atomic E-state index is -4.35. The molecule has 0 fully saturated rings. The van der Waals surface area contributed by atoms with Crippen molar-refractivity contribution in [2.45, 2.75) is 38.5 Å². The fourth-order valence-corrected chi connectivity index (χ4v) is 3.29. The second-order valence-corrected chi connectivity index (χ2v) is 7.33. The number of ether oxygens (including phenoxy) is 1. The van der Waals surface area contributed by atoms with Crippen LogP contribution in [0.1, 0.15) is 53.8 Å². The van der Waals surface area contributed by atoms with Crippen LogP contribution in [0.5, 0.6) is 5.75 Å². The quantitative estimate of drug-likeness (QED) is 0.431. The van der Waals surface area contributed by atoms with E-state index in [0.29, 0.717) is 16.9 Å². The van der Waals surface area contributed by atoms with Crippen molar-refractivity contribution in [3.63, 3.8) is 0 Å². The fraction of sp³-hybridized carbons (Fsp3) is 0.240. The van der Waals surface area contributed by atoms with Gasteiger partial charge >= 0.3 is 6.18 Å². The topological polar surface area (TPSA) is 52.3 Å². The zero-order valence-electron chi connectivity index (χ0n) is 17.2. The minimum Gasteiger partial charge on any atom is -0.486 e. The van der Waals surface area contributed by atoms with Gasteiger partial charge in [0.1, 0.15) is 11.9 Å². The molecule has 3 aromatic rings. The van der Waals surface area contributed by atoms with E-state index < -0.39 is 17.6 Å². The highest BCUT2D eigenvalue weighted by Crippen LogP contribution is 2.32. The van der Waals surface area contributed by atoms with Gasteiger partial charge in [-0.1, -0.05) is 49.7 Å². The van der Waals surface area contributed by atoms with Crippen LogP contribution in [0.4, 0.5) is 13.2 Å². The lowest BCUT2D eigenvalue weighted by Gasteiger charge is -2.20. The van der Waals surface area contributed by atoms with E-state index in [1.165, 1.54) is 12.1 Å². The molecule has 0 saturated carbocycles. The molecule has 3 rings (SSSR count). The largest absolute Gasteiger partial charge is 0.486 e. The summed E-state index contributed by atoms with van der Waals surface area (Å²) in [6, 6.07) is 19.4. The second-order valence-electron chi connectivity index (χ2n) is 7.33. The summed E-state index contributed by atoms with van der Waals surface area (Å²) in [5.41, 5.74) is 7.53. The Kier molecular flexibility index (Phi) is 7.00. The van der Waals surface area contributed by atoms with E-state index in [4.69, 9.17) is 10.5 Å². The zero-order chi connectivity index (χ0) is 22.4. The first-order valence-electron chi connectivity index (χ1n) is 10.1. The molecule has 6 heteroatoms. The molecular weight excluding hydrogens is 403 g/mol. The maximum Gasteiger partial charge on any atom is 0.416 e. The number of carbonyl (C=O) groups is 1. The Balaban J connectivity index is 1.75. The summed E-state index contributed by atoms with van der Waals surface area (Å²) in [5.74, 6) is 0.187. The molecule has 0 bridgehead atoms. The molecule has 1 atom stereocenters. The molecule has 0 heterocycles. The Bertz CT molecular complexity index is 995. The van der Waals surface area contributed by atoms with Crippen LogP contribution in [-0.4, -0.2) is 5.91 Å². The predicted molar refractivity (Wildman–Crippen MR) is 115 cm³/mol. The van der Waals surface area contributed by atoms with Gasteiger partial charge in [0.25, 0.3) is 0 Å². The average Bonchev–Trinajstić information content (AvgIpc) is 2.76. The SMILES string of the molecule is CCCCC(Oc1ccc(-c2ccc(C(F)(F)F)cc2)cc1)c1ccc(C(N)=O)cc1. The van der Waals surface area contributed by atoms with Crippen molar-refractivity contribution in [1.82, 2.24) is 0 Å². The molecule has 1 unspecified atom stereocenters. The normalized spacial score (nSPS) is 12.4. The van der Waals surface area contributed by atoms with Crippen molar-refractivity contribution in [1.29, 1.82) is 0 Å². The molecule has 3 aromatic carbocycles. The first kappa shape index (κ1) is 22.4. The number of rotatable bonds is 8. The maximum atomic E-state index is 12.7. The smallest absolute Gasteiger partial charge is 0.416 e. The van der Waals surface area contributed by atoms with E-state index in [1.54, 1.807) is 12.1 Å². The van der Waals surface area contributed by atoms with Crippen molar-refractivity contribution in [2.24, 2.45) is 5.73 Å².